The van der Waals surface area contributed by atoms with Gasteiger partial charge in [-0.15, -0.1) is 0 Å². The highest BCUT2D eigenvalue weighted by molar-refractivity contribution is 5.26. The average molecular weight is 234 g/mol. The summed E-state index contributed by atoms with van der Waals surface area (Å²) in [5.74, 6) is 0. The van der Waals surface area contributed by atoms with Gasteiger partial charge in [0.15, 0.2) is 0 Å². The zero-order valence-corrected chi connectivity index (χ0v) is 10.2. The molecule has 0 saturated carbocycles. The highest BCUT2D eigenvalue weighted by Gasteiger charge is 1.78. The van der Waals surface area contributed by atoms with E-state index < -0.39 is 0 Å². The molecule has 0 radical (unpaired) electrons. The lowest BCUT2D eigenvalue weighted by atomic mass is 10.4. The number of unbranched alkanes of at least 4 members (excludes halogenated alkanes) is 1. The molecular weight excluding hydrogens is 212 g/mol. The second kappa shape index (κ2) is 49.6. The summed E-state index contributed by atoms with van der Waals surface area (Å²) in [5.41, 5.74) is 0. The third-order valence-corrected chi connectivity index (χ3v) is 0.665. The molecule has 0 fully saturated rings. The van der Waals surface area contributed by atoms with Gasteiger partial charge in [0.2, 0.25) is 6.08 Å². The number of hydrogen-bond acceptors (Lipinski definition) is 6. The number of carbonyl (C=O) groups excluding carboxylic acids is 1. The van der Waals surface area contributed by atoms with E-state index in [-0.39, 0.29) is 13.2 Å². The monoisotopic (exact) mass is 234 g/mol. The number of isocyanates is 1. The molecule has 0 aliphatic carbocycles. The number of aliphatic hydroxyl groups is 2. The Morgan fingerprint density at radius 1 is 1.25 bits per heavy atom. The first kappa shape index (κ1) is 24.0. The third kappa shape index (κ3) is 252. The Morgan fingerprint density at radius 3 is 1.75 bits per heavy atom. The molecule has 96 valence electrons. The molecule has 0 aliphatic rings. The van der Waals surface area contributed by atoms with Crippen LogP contribution in [0.2, 0.25) is 0 Å². The Balaban J connectivity index is -0.0000000677. The van der Waals surface area contributed by atoms with Crippen molar-refractivity contribution in [1.29, 1.82) is 10.7 Å². The van der Waals surface area contributed by atoms with E-state index in [1.54, 1.807) is 20.1 Å². The van der Waals surface area contributed by atoms with Crippen molar-refractivity contribution in [2.45, 2.75) is 33.6 Å². The predicted molar refractivity (Wildman–Crippen MR) is 60.4 cm³/mol. The van der Waals surface area contributed by atoms with Gasteiger partial charge < -0.3 is 14.9 Å². The Morgan fingerprint density at radius 2 is 1.56 bits per heavy atom. The first-order valence-electron chi connectivity index (χ1n) is 4.92. The number of ether oxygens (including phenoxy) is 1. The molecule has 0 aliphatic heterocycles. The molecule has 3 N–H and O–H groups in total. The fraction of sp³-hybridized carbons (Fsp3) is 0.800. The Labute approximate surface area is 97.0 Å². The largest absolute Gasteiger partial charge is 0.428 e. The molecule has 0 heterocycles. The van der Waals surface area contributed by atoms with E-state index in [1.165, 1.54) is 0 Å². The van der Waals surface area contributed by atoms with Crippen LogP contribution in [0.25, 0.3) is 0 Å². The van der Waals surface area contributed by atoms with Crippen LogP contribution < -0.4 is 0 Å². The number of aliphatic hydroxyl groups excluding tert-OH is 2. The molecule has 6 nitrogen and oxygen atoms in total. The summed E-state index contributed by atoms with van der Waals surface area (Å²) in [6.45, 7) is 6.49. The zero-order valence-electron chi connectivity index (χ0n) is 10.2. The molecule has 0 aromatic rings. The van der Waals surface area contributed by atoms with E-state index in [1.807, 2.05) is 0 Å². The second-order valence-corrected chi connectivity index (χ2v) is 2.03. The molecule has 0 unspecified atom stereocenters. The normalized spacial score (nSPS) is 6.00. The zero-order chi connectivity index (χ0) is 13.7. The van der Waals surface area contributed by atoms with Crippen LogP contribution in [0.3, 0.4) is 0 Å². The molecular formula is C10H22N2O4. The number of rotatable bonds is 3. The lowest BCUT2D eigenvalue weighted by Gasteiger charge is -1.88. The first-order chi connectivity index (χ1) is 7.66. The molecule has 0 bridgehead atoms. The molecule has 0 aromatic heterocycles. The van der Waals surface area contributed by atoms with Crippen LogP contribution in [0, 0.1) is 16.9 Å². The van der Waals surface area contributed by atoms with Crippen molar-refractivity contribution in [2.24, 2.45) is 0 Å². The van der Waals surface area contributed by atoms with Gasteiger partial charge in [0.1, 0.15) is 6.61 Å². The maximum atomic E-state index is 8.35. The van der Waals surface area contributed by atoms with Gasteiger partial charge in [-0.25, -0.2) is 10.2 Å². The van der Waals surface area contributed by atoms with E-state index in [4.69, 9.17) is 25.7 Å². The van der Waals surface area contributed by atoms with Crippen LogP contribution >= 0.6 is 0 Å². The van der Waals surface area contributed by atoms with Crippen molar-refractivity contribution in [2.75, 3.05) is 19.8 Å². The van der Waals surface area contributed by atoms with Gasteiger partial charge in [-0.3, -0.25) is 0 Å². The highest BCUT2D eigenvalue weighted by Crippen LogP contribution is 1.84. The SMILES string of the molecule is CCCCOC#N.CCO.CCO.N=C=O. The lowest BCUT2D eigenvalue weighted by molar-refractivity contribution is 0.264. The van der Waals surface area contributed by atoms with Gasteiger partial charge in [-0.1, -0.05) is 13.3 Å². The van der Waals surface area contributed by atoms with Crippen molar-refractivity contribution in [3.63, 3.8) is 0 Å². The van der Waals surface area contributed by atoms with Gasteiger partial charge in [-0.05, 0) is 20.3 Å². The van der Waals surface area contributed by atoms with Crippen LogP contribution in [0.5, 0.6) is 0 Å². The van der Waals surface area contributed by atoms with Gasteiger partial charge in [0.05, 0.1) is 0 Å². The molecule has 16 heavy (non-hydrogen) atoms. The summed E-state index contributed by atoms with van der Waals surface area (Å²) in [6, 6.07) is 0. The molecule has 0 saturated heterocycles. The van der Waals surface area contributed by atoms with E-state index in [9.17, 15) is 0 Å². The predicted octanol–water partition coefficient (Wildman–Crippen LogP) is 1.18. The summed E-state index contributed by atoms with van der Waals surface area (Å²) in [4.78, 5) is 8.35. The minimum atomic E-state index is 0.250. The highest BCUT2D eigenvalue weighted by atomic mass is 16.5. The first-order valence-corrected chi connectivity index (χ1v) is 4.92. The number of nitrogens with one attached hydrogen (secondary N) is 1. The maximum absolute atomic E-state index is 8.35. The smallest absolute Gasteiger partial charge is 0.286 e. The van der Waals surface area contributed by atoms with Crippen LogP contribution in [0.15, 0.2) is 0 Å². The molecule has 0 rings (SSSR count). The fourth-order valence-electron chi connectivity index (χ4n) is 0.262. The quantitative estimate of drug-likeness (QED) is 0.293. The topological polar surface area (TPSA) is 114 Å². The van der Waals surface area contributed by atoms with Crippen molar-refractivity contribution in [3.8, 4) is 6.26 Å². The van der Waals surface area contributed by atoms with Crippen LogP contribution in [0.1, 0.15) is 33.6 Å². The molecule has 0 aromatic carbocycles. The minimum absolute atomic E-state index is 0.250. The van der Waals surface area contributed by atoms with Gasteiger partial charge in [0.25, 0.3) is 6.26 Å². The fourth-order valence-corrected chi connectivity index (χ4v) is 0.262. The van der Waals surface area contributed by atoms with E-state index in [0.717, 1.165) is 18.9 Å². The molecule has 0 atom stereocenters. The molecule has 0 amide bonds. The Bertz CT molecular complexity index is 149. The van der Waals surface area contributed by atoms with Gasteiger partial charge in [-0.2, -0.15) is 5.26 Å². The average Bonchev–Trinajstić information content (AvgIpc) is 2.22. The number of nitriles is 1. The van der Waals surface area contributed by atoms with Crippen LogP contribution in [-0.2, 0) is 9.53 Å². The number of nitrogens with zero attached hydrogens (tertiary/aromatic N) is 1. The summed E-state index contributed by atoms with van der Waals surface area (Å²) < 4.78 is 4.38. The Hall–Kier alpha value is -1.41. The van der Waals surface area contributed by atoms with Crippen molar-refractivity contribution in [1.82, 2.24) is 0 Å². The van der Waals surface area contributed by atoms with E-state index in [2.05, 4.69) is 11.7 Å². The summed E-state index contributed by atoms with van der Waals surface area (Å²) >= 11 is 0. The summed E-state index contributed by atoms with van der Waals surface area (Å²) in [6.07, 6.45) is 4.42. The second-order valence-electron chi connectivity index (χ2n) is 2.03. The minimum Gasteiger partial charge on any atom is -0.428 e. The van der Waals surface area contributed by atoms with Crippen LogP contribution in [-0.4, -0.2) is 36.1 Å². The summed E-state index contributed by atoms with van der Waals surface area (Å²) in [5, 5.41) is 28.4. The number of hydrogen-bond donors (Lipinski definition) is 3. The molecule has 0 spiro atoms. The van der Waals surface area contributed by atoms with Gasteiger partial charge in [0, 0.05) is 13.2 Å². The van der Waals surface area contributed by atoms with Crippen LogP contribution in [0.4, 0.5) is 0 Å². The summed E-state index contributed by atoms with van der Waals surface area (Å²) in [7, 11) is 0. The standard InChI is InChI=1S/C5H9NO.2C2H6O.CHNO/c1-2-3-4-7-5-6;2*1-2-3;2-1-3/h2-4H2,1H3;2*3H,2H2,1H3;2H. The van der Waals surface area contributed by atoms with Crippen molar-refractivity contribution in [3.05, 3.63) is 0 Å². The van der Waals surface area contributed by atoms with Gasteiger partial charge >= 0.3 is 0 Å². The molecule has 6 heteroatoms. The third-order valence-electron chi connectivity index (χ3n) is 0.665. The maximum Gasteiger partial charge on any atom is 0.286 e. The Kier molecular flexibility index (Phi) is 74.5. The lowest BCUT2D eigenvalue weighted by Crippen LogP contribution is -1.83. The van der Waals surface area contributed by atoms with Crippen molar-refractivity contribution < 1.29 is 19.7 Å². The van der Waals surface area contributed by atoms with Crippen molar-refractivity contribution >= 4 is 6.08 Å². The van der Waals surface area contributed by atoms with E-state index in [0.29, 0.717) is 6.61 Å². The van der Waals surface area contributed by atoms with E-state index >= 15 is 0 Å².